The summed E-state index contributed by atoms with van der Waals surface area (Å²) in [6.07, 6.45) is 3.25. The Kier molecular flexibility index (Phi) is 10.4. The van der Waals surface area contributed by atoms with Crippen molar-refractivity contribution in [3.8, 4) is 46.0 Å². The highest BCUT2D eigenvalue weighted by Gasteiger charge is 2.34. The van der Waals surface area contributed by atoms with Crippen LogP contribution in [0.25, 0.3) is 0 Å². The van der Waals surface area contributed by atoms with Crippen LogP contribution in [0.1, 0.15) is 45.5 Å². The Morgan fingerprint density at radius 3 is 2.02 bits per heavy atom. The maximum Gasteiger partial charge on any atom is 0.204 e. The zero-order valence-corrected chi connectivity index (χ0v) is 29.0. The van der Waals surface area contributed by atoms with Crippen LogP contribution < -0.4 is 23.7 Å². The van der Waals surface area contributed by atoms with E-state index in [2.05, 4.69) is 54.2 Å². The van der Waals surface area contributed by atoms with Gasteiger partial charge >= 0.3 is 0 Å². The van der Waals surface area contributed by atoms with Crippen LogP contribution in [-0.2, 0) is 25.7 Å². The highest BCUT2D eigenvalue weighted by molar-refractivity contribution is 5.85. The quantitative estimate of drug-likeness (QED) is 0.236. The van der Waals surface area contributed by atoms with Gasteiger partial charge in [0, 0.05) is 30.7 Å². The number of aromatic hydroxyl groups is 1. The third-order valence-electron chi connectivity index (χ3n) is 9.64. The molecule has 0 fully saturated rings. The Balaban J connectivity index is 0.00000217. The van der Waals surface area contributed by atoms with E-state index in [0.717, 1.165) is 49.0 Å². The summed E-state index contributed by atoms with van der Waals surface area (Å²) in [6.45, 7) is 1.82. The van der Waals surface area contributed by atoms with E-state index in [9.17, 15) is 5.11 Å². The van der Waals surface area contributed by atoms with Gasteiger partial charge in [-0.2, -0.15) is 0 Å². The van der Waals surface area contributed by atoms with Crippen LogP contribution in [0.5, 0.6) is 46.0 Å². The number of phenols is 1. The second kappa shape index (κ2) is 14.1. The molecule has 0 radical (unpaired) electrons. The summed E-state index contributed by atoms with van der Waals surface area (Å²) in [6, 6.07) is 20.3. The molecule has 0 amide bonds. The molecule has 10 heteroatoms. The fourth-order valence-corrected chi connectivity index (χ4v) is 7.11. The third-order valence-corrected chi connectivity index (χ3v) is 9.64. The SMILES string of the molecule is COc1cc2c3cc1Oc1c(OC)c(OC)cc4c1C(Cc1ccc(O)c(c1)Oc1ccc(cc1)CC3N(C)CC2)N(C)CC4.Cl.Cl. The Labute approximate surface area is 289 Å². The minimum atomic E-state index is -0.0402. The van der Waals surface area contributed by atoms with Crippen molar-refractivity contribution < 1.29 is 28.8 Å². The molecule has 0 aromatic heterocycles. The second-order valence-electron chi connectivity index (χ2n) is 12.3. The average Bonchev–Trinajstić information content (AvgIpc) is 3.05. The molecule has 4 aromatic rings. The summed E-state index contributed by atoms with van der Waals surface area (Å²) in [4.78, 5) is 4.75. The van der Waals surface area contributed by atoms with Crippen LogP contribution >= 0.6 is 24.8 Å². The first-order valence-corrected chi connectivity index (χ1v) is 15.5. The number of hydrogen-bond acceptors (Lipinski definition) is 8. The fourth-order valence-electron chi connectivity index (χ4n) is 7.11. The average molecular weight is 682 g/mol. The molecule has 0 aliphatic carbocycles. The Morgan fingerprint density at radius 1 is 0.681 bits per heavy atom. The van der Waals surface area contributed by atoms with Gasteiger partial charge in [0.2, 0.25) is 5.75 Å². The minimum Gasteiger partial charge on any atom is -0.504 e. The molecular formula is C37H42Cl2N2O6. The van der Waals surface area contributed by atoms with Crippen molar-refractivity contribution in [2.24, 2.45) is 0 Å². The van der Waals surface area contributed by atoms with Crippen LogP contribution in [0.3, 0.4) is 0 Å². The maximum absolute atomic E-state index is 10.7. The van der Waals surface area contributed by atoms with Gasteiger partial charge < -0.3 is 28.8 Å². The Morgan fingerprint density at radius 2 is 1.32 bits per heavy atom. The third kappa shape index (κ3) is 6.40. The van der Waals surface area contributed by atoms with E-state index < -0.39 is 0 Å². The van der Waals surface area contributed by atoms with E-state index in [1.807, 2.05) is 24.3 Å². The maximum atomic E-state index is 10.7. The summed E-state index contributed by atoms with van der Waals surface area (Å²) in [5.74, 6) is 4.37. The number of likely N-dealkylation sites (N-methyl/N-ethyl adjacent to an activating group) is 2. The second-order valence-corrected chi connectivity index (χ2v) is 12.3. The number of methoxy groups -OCH3 is 3. The lowest BCUT2D eigenvalue weighted by Gasteiger charge is -2.37. The molecule has 6 bridgehead atoms. The van der Waals surface area contributed by atoms with Crippen LogP contribution in [0.2, 0.25) is 0 Å². The van der Waals surface area contributed by atoms with Gasteiger partial charge in [-0.1, -0.05) is 18.2 Å². The van der Waals surface area contributed by atoms with Crippen LogP contribution in [0.15, 0.2) is 60.7 Å². The largest absolute Gasteiger partial charge is 0.504 e. The molecule has 0 saturated heterocycles. The van der Waals surface area contributed by atoms with Gasteiger partial charge in [0.25, 0.3) is 0 Å². The van der Waals surface area contributed by atoms with E-state index in [1.54, 1.807) is 27.4 Å². The van der Waals surface area contributed by atoms with Crippen molar-refractivity contribution >= 4 is 24.8 Å². The minimum absolute atomic E-state index is 0. The molecule has 8 nitrogen and oxygen atoms in total. The molecule has 8 rings (SSSR count). The zero-order valence-electron chi connectivity index (χ0n) is 27.4. The zero-order chi connectivity index (χ0) is 31.2. The van der Waals surface area contributed by atoms with Crippen LogP contribution in [-0.4, -0.2) is 63.4 Å². The predicted octanol–water partition coefficient (Wildman–Crippen LogP) is 7.70. The van der Waals surface area contributed by atoms with Crippen molar-refractivity contribution in [2.45, 2.75) is 37.8 Å². The Hall–Kier alpha value is -3.82. The van der Waals surface area contributed by atoms with E-state index in [0.29, 0.717) is 46.7 Å². The molecule has 2 atom stereocenters. The molecule has 0 saturated carbocycles. The molecule has 4 aliphatic heterocycles. The number of benzene rings is 4. The molecule has 47 heavy (non-hydrogen) atoms. The van der Waals surface area contributed by atoms with Gasteiger partial charge in [0.15, 0.2) is 34.5 Å². The summed E-state index contributed by atoms with van der Waals surface area (Å²) in [7, 11) is 9.33. The lowest BCUT2D eigenvalue weighted by atomic mass is 9.87. The number of rotatable bonds is 3. The predicted molar refractivity (Wildman–Crippen MR) is 187 cm³/mol. The fraction of sp³-hybridized carbons (Fsp3) is 0.351. The van der Waals surface area contributed by atoms with Crippen molar-refractivity contribution in [1.29, 1.82) is 0 Å². The molecule has 1 N–H and O–H groups in total. The van der Waals surface area contributed by atoms with Gasteiger partial charge in [-0.25, -0.2) is 0 Å². The normalized spacial score (nSPS) is 18.6. The van der Waals surface area contributed by atoms with Gasteiger partial charge in [-0.3, -0.25) is 9.80 Å². The number of halogens is 2. The van der Waals surface area contributed by atoms with Gasteiger partial charge in [0.1, 0.15) is 5.75 Å². The first-order valence-electron chi connectivity index (χ1n) is 15.5. The summed E-state index contributed by atoms with van der Waals surface area (Å²) >= 11 is 0. The molecule has 250 valence electrons. The van der Waals surface area contributed by atoms with E-state index >= 15 is 0 Å². The number of phenolic OH excluding ortho intramolecular Hbond substituents is 1. The van der Waals surface area contributed by atoms with Crippen LogP contribution in [0, 0.1) is 0 Å². The van der Waals surface area contributed by atoms with Crippen molar-refractivity contribution in [3.05, 3.63) is 94.0 Å². The number of nitrogens with zero attached hydrogens (tertiary/aromatic N) is 2. The van der Waals surface area contributed by atoms with Crippen molar-refractivity contribution in [2.75, 3.05) is 48.5 Å². The molecule has 0 spiro atoms. The number of fused-ring (bicyclic) bond motifs is 2. The molecular weight excluding hydrogens is 639 g/mol. The van der Waals surface area contributed by atoms with Gasteiger partial charge in [-0.15, -0.1) is 24.8 Å². The lowest BCUT2D eigenvalue weighted by Crippen LogP contribution is -2.34. The highest BCUT2D eigenvalue weighted by atomic mass is 35.5. The van der Waals surface area contributed by atoms with Crippen molar-refractivity contribution in [3.63, 3.8) is 0 Å². The molecule has 4 aromatic carbocycles. The summed E-state index contributed by atoms with van der Waals surface area (Å²) in [5, 5.41) is 10.7. The van der Waals surface area contributed by atoms with Crippen LogP contribution in [0.4, 0.5) is 0 Å². The standard InChI is InChI=1S/C37H40N2O6.2ClH/c1-38-14-12-24-19-32(41-3)33-21-27(24)28(38)16-22-6-9-26(10-7-22)44-31-18-23(8-11-30(31)40)17-29-35-25(13-15-39(29)2)20-34(42-4)36(43-5)37(35)45-33;;/h6-11,18-21,28-29,40H,12-17H2,1-5H3;2*1H. The van der Waals surface area contributed by atoms with Crippen molar-refractivity contribution in [1.82, 2.24) is 9.80 Å². The summed E-state index contributed by atoms with van der Waals surface area (Å²) in [5.41, 5.74) is 6.93. The topological polar surface area (TPSA) is 72.9 Å². The number of ether oxygens (including phenoxy) is 5. The smallest absolute Gasteiger partial charge is 0.204 e. The van der Waals surface area contributed by atoms with E-state index in [-0.39, 0.29) is 42.6 Å². The van der Waals surface area contributed by atoms with Gasteiger partial charge in [0.05, 0.1) is 21.3 Å². The summed E-state index contributed by atoms with van der Waals surface area (Å²) < 4.78 is 31.0. The molecule has 4 heterocycles. The van der Waals surface area contributed by atoms with E-state index in [4.69, 9.17) is 23.7 Å². The first kappa shape index (κ1) is 34.5. The first-order chi connectivity index (χ1) is 21.9. The number of hydrogen-bond donors (Lipinski definition) is 1. The van der Waals surface area contributed by atoms with Gasteiger partial charge in [-0.05, 0) is 110 Å². The molecule has 4 aliphatic rings. The lowest BCUT2D eigenvalue weighted by molar-refractivity contribution is 0.220. The highest BCUT2D eigenvalue weighted by Crippen LogP contribution is 2.52. The molecule has 2 unspecified atom stereocenters. The Bertz CT molecular complexity index is 1750. The monoisotopic (exact) mass is 680 g/mol. The van der Waals surface area contributed by atoms with E-state index in [1.165, 1.54) is 16.7 Å².